The van der Waals surface area contributed by atoms with Crippen LogP contribution in [0.3, 0.4) is 0 Å². The quantitative estimate of drug-likeness (QED) is 0.303. The minimum atomic E-state index is -1.15. The second kappa shape index (κ2) is 15.6. The third kappa shape index (κ3) is 10.6. The van der Waals surface area contributed by atoms with Crippen LogP contribution < -0.4 is 0 Å². The third-order valence-corrected chi connectivity index (χ3v) is 5.03. The van der Waals surface area contributed by atoms with E-state index >= 15 is 0 Å². The fourth-order valence-corrected chi connectivity index (χ4v) is 3.26. The van der Waals surface area contributed by atoms with E-state index < -0.39 is 24.4 Å². The van der Waals surface area contributed by atoms with Gasteiger partial charge in [-0.15, -0.1) is 0 Å². The molecule has 3 N–H and O–H groups in total. The zero-order valence-electron chi connectivity index (χ0n) is 16.5. The summed E-state index contributed by atoms with van der Waals surface area (Å²) in [5.41, 5.74) is 0. The van der Waals surface area contributed by atoms with Gasteiger partial charge in [0.25, 0.3) is 0 Å². The van der Waals surface area contributed by atoms with Gasteiger partial charge in [-0.25, -0.2) is 0 Å². The molecule has 0 saturated carbocycles. The number of unbranched alkanes of at least 4 members (excludes halogenated alkanes) is 10. The zero-order chi connectivity index (χ0) is 19.0. The number of hydrogen-bond donors (Lipinski definition) is 3. The van der Waals surface area contributed by atoms with Crippen molar-refractivity contribution in [3.8, 4) is 0 Å². The van der Waals surface area contributed by atoms with Crippen molar-refractivity contribution in [1.29, 1.82) is 0 Å². The highest BCUT2D eigenvalue weighted by Crippen LogP contribution is 2.16. The smallest absolute Gasteiger partial charge is 0.111 e. The molecule has 1 aliphatic rings. The van der Waals surface area contributed by atoms with Crippen LogP contribution in [0.2, 0.25) is 0 Å². The molecule has 1 saturated heterocycles. The fraction of sp³-hybridized carbons (Fsp3) is 0.905. The van der Waals surface area contributed by atoms with E-state index in [4.69, 9.17) is 9.47 Å². The molecule has 154 valence electrons. The van der Waals surface area contributed by atoms with Gasteiger partial charge in [-0.1, -0.05) is 63.5 Å². The molecule has 4 atom stereocenters. The summed E-state index contributed by atoms with van der Waals surface area (Å²) in [5, 5.41) is 28.8. The van der Waals surface area contributed by atoms with Gasteiger partial charge in [0.2, 0.25) is 0 Å². The summed E-state index contributed by atoms with van der Waals surface area (Å²) in [6.07, 6.45) is 14.6. The van der Waals surface area contributed by atoms with Crippen LogP contribution in [0.1, 0.15) is 77.6 Å². The number of ether oxygens (including phenoxy) is 2. The molecule has 1 heterocycles. The average molecular weight is 373 g/mol. The van der Waals surface area contributed by atoms with E-state index in [-0.39, 0.29) is 13.2 Å². The SMILES string of the molecule is C/C=C/CCCCCCCCCCCCOC[C@@H]1OC[C@@H](O)[C@H](O)[C@H]1O. The van der Waals surface area contributed by atoms with E-state index in [0.29, 0.717) is 6.61 Å². The largest absolute Gasteiger partial charge is 0.388 e. The first-order valence-electron chi connectivity index (χ1n) is 10.5. The number of hydrogen-bond acceptors (Lipinski definition) is 5. The maximum Gasteiger partial charge on any atom is 0.111 e. The van der Waals surface area contributed by atoms with E-state index in [1.165, 1.54) is 64.2 Å². The molecule has 0 unspecified atom stereocenters. The lowest BCUT2D eigenvalue weighted by molar-refractivity contribution is -0.199. The Balaban J connectivity index is 1.81. The van der Waals surface area contributed by atoms with Crippen molar-refractivity contribution in [2.75, 3.05) is 19.8 Å². The summed E-state index contributed by atoms with van der Waals surface area (Å²) in [5.74, 6) is 0. The summed E-state index contributed by atoms with van der Waals surface area (Å²) in [6.45, 7) is 3.04. The summed E-state index contributed by atoms with van der Waals surface area (Å²) in [6, 6.07) is 0. The molecule has 0 spiro atoms. The molecule has 5 heteroatoms. The molecule has 26 heavy (non-hydrogen) atoms. The van der Waals surface area contributed by atoms with Gasteiger partial charge in [-0.2, -0.15) is 0 Å². The van der Waals surface area contributed by atoms with Crippen molar-refractivity contribution in [3.63, 3.8) is 0 Å². The topological polar surface area (TPSA) is 79.2 Å². The summed E-state index contributed by atoms with van der Waals surface area (Å²) in [7, 11) is 0. The van der Waals surface area contributed by atoms with Gasteiger partial charge < -0.3 is 24.8 Å². The minimum Gasteiger partial charge on any atom is -0.388 e. The minimum absolute atomic E-state index is 0.0437. The number of rotatable bonds is 15. The number of aliphatic hydroxyl groups is 3. The van der Waals surface area contributed by atoms with Crippen LogP contribution in [0.15, 0.2) is 12.2 Å². The number of aliphatic hydroxyl groups excluding tert-OH is 3. The van der Waals surface area contributed by atoms with Crippen molar-refractivity contribution in [3.05, 3.63) is 12.2 Å². The molecule has 1 rings (SSSR count). The summed E-state index contributed by atoms with van der Waals surface area (Å²) in [4.78, 5) is 0. The van der Waals surface area contributed by atoms with Crippen LogP contribution in [-0.4, -0.2) is 59.6 Å². The van der Waals surface area contributed by atoms with Gasteiger partial charge in [0.15, 0.2) is 0 Å². The highest BCUT2D eigenvalue weighted by Gasteiger charge is 2.37. The molecular weight excluding hydrogens is 332 g/mol. The van der Waals surface area contributed by atoms with E-state index in [9.17, 15) is 15.3 Å². The zero-order valence-corrected chi connectivity index (χ0v) is 16.5. The lowest BCUT2D eigenvalue weighted by Crippen LogP contribution is -2.54. The Labute approximate surface area is 159 Å². The van der Waals surface area contributed by atoms with Crippen molar-refractivity contribution < 1.29 is 24.8 Å². The number of allylic oxidation sites excluding steroid dienone is 2. The Morgan fingerprint density at radius 2 is 1.42 bits per heavy atom. The van der Waals surface area contributed by atoms with Crippen LogP contribution in [0.4, 0.5) is 0 Å². The van der Waals surface area contributed by atoms with Crippen LogP contribution >= 0.6 is 0 Å². The maximum absolute atomic E-state index is 9.81. The van der Waals surface area contributed by atoms with Gasteiger partial charge in [0.1, 0.15) is 24.4 Å². The molecule has 0 aromatic carbocycles. The molecule has 1 aliphatic heterocycles. The Bertz CT molecular complexity index is 347. The first kappa shape index (κ1) is 23.6. The van der Waals surface area contributed by atoms with Gasteiger partial charge in [-0.05, 0) is 26.2 Å². The molecular formula is C21H40O5. The molecule has 0 aliphatic carbocycles. The first-order valence-corrected chi connectivity index (χ1v) is 10.5. The highest BCUT2D eigenvalue weighted by molar-refractivity contribution is 4.86. The highest BCUT2D eigenvalue weighted by atomic mass is 16.6. The summed E-state index contributed by atoms with van der Waals surface area (Å²) >= 11 is 0. The van der Waals surface area contributed by atoms with Gasteiger partial charge >= 0.3 is 0 Å². The maximum atomic E-state index is 9.81. The molecule has 0 aromatic heterocycles. The Kier molecular flexibility index (Phi) is 14.1. The summed E-state index contributed by atoms with van der Waals surface area (Å²) < 4.78 is 10.8. The van der Waals surface area contributed by atoms with Crippen molar-refractivity contribution in [1.82, 2.24) is 0 Å². The van der Waals surface area contributed by atoms with Crippen LogP contribution in [-0.2, 0) is 9.47 Å². The Hall–Kier alpha value is -0.460. The molecule has 1 fully saturated rings. The van der Waals surface area contributed by atoms with Crippen LogP contribution in [0.25, 0.3) is 0 Å². The monoisotopic (exact) mass is 372 g/mol. The Morgan fingerprint density at radius 3 is 2.04 bits per heavy atom. The second-order valence-corrected chi connectivity index (χ2v) is 7.39. The van der Waals surface area contributed by atoms with Crippen molar-refractivity contribution in [2.45, 2.75) is 102 Å². The van der Waals surface area contributed by atoms with E-state index in [1.807, 2.05) is 0 Å². The lowest BCUT2D eigenvalue weighted by Gasteiger charge is -2.35. The molecule has 0 bridgehead atoms. The average Bonchev–Trinajstić information content (AvgIpc) is 2.64. The van der Waals surface area contributed by atoms with Gasteiger partial charge in [0.05, 0.1) is 13.2 Å². The molecule has 0 amide bonds. The normalized spacial score (nSPS) is 26.6. The predicted octanol–water partition coefficient (Wildman–Crippen LogP) is 3.35. The predicted molar refractivity (Wildman–Crippen MR) is 104 cm³/mol. The van der Waals surface area contributed by atoms with Crippen molar-refractivity contribution in [2.24, 2.45) is 0 Å². The van der Waals surface area contributed by atoms with Crippen LogP contribution in [0.5, 0.6) is 0 Å². The third-order valence-electron chi connectivity index (χ3n) is 5.03. The van der Waals surface area contributed by atoms with Gasteiger partial charge in [-0.3, -0.25) is 0 Å². The van der Waals surface area contributed by atoms with Gasteiger partial charge in [0, 0.05) is 6.61 Å². The fourth-order valence-electron chi connectivity index (χ4n) is 3.26. The molecule has 0 radical (unpaired) electrons. The van der Waals surface area contributed by atoms with Crippen LogP contribution in [0, 0.1) is 0 Å². The second-order valence-electron chi connectivity index (χ2n) is 7.39. The lowest BCUT2D eigenvalue weighted by atomic mass is 10.0. The molecule has 0 aromatic rings. The van der Waals surface area contributed by atoms with E-state index in [0.717, 1.165) is 6.42 Å². The van der Waals surface area contributed by atoms with E-state index in [1.54, 1.807) is 0 Å². The van der Waals surface area contributed by atoms with Crippen molar-refractivity contribution >= 4 is 0 Å². The molecule has 5 nitrogen and oxygen atoms in total. The van der Waals surface area contributed by atoms with E-state index in [2.05, 4.69) is 19.1 Å². The first-order chi connectivity index (χ1) is 12.7. The standard InChI is InChI=1S/C21H40O5/c1-2-3-4-5-6-7-8-9-10-11-12-13-14-15-25-17-19-21(24)20(23)18(22)16-26-19/h2-3,18-24H,4-17H2,1H3/b3-2+/t18-,19+,20+,21+/m1/s1. The Morgan fingerprint density at radius 1 is 0.846 bits per heavy atom.